The van der Waals surface area contributed by atoms with Crippen LogP contribution in [-0.4, -0.2) is 25.0 Å². The second-order valence-corrected chi connectivity index (χ2v) is 6.10. The molecule has 2 amide bonds. The monoisotopic (exact) mass is 338 g/mol. The maximum absolute atomic E-state index is 12.1. The van der Waals surface area contributed by atoms with Crippen LogP contribution in [0.3, 0.4) is 0 Å². The van der Waals surface area contributed by atoms with Crippen molar-refractivity contribution < 1.29 is 14.3 Å². The van der Waals surface area contributed by atoms with E-state index in [1.165, 1.54) is 0 Å². The lowest BCUT2D eigenvalue weighted by Crippen LogP contribution is -2.32. The van der Waals surface area contributed by atoms with Crippen LogP contribution < -0.4 is 15.4 Å². The molecule has 1 aliphatic rings. The highest BCUT2D eigenvalue weighted by atomic mass is 16.5. The van der Waals surface area contributed by atoms with Gasteiger partial charge in [0.1, 0.15) is 12.4 Å². The van der Waals surface area contributed by atoms with Gasteiger partial charge in [-0.2, -0.15) is 0 Å². The van der Waals surface area contributed by atoms with Crippen LogP contribution >= 0.6 is 0 Å². The smallest absolute Gasteiger partial charge is 0.227 e. The first kappa shape index (κ1) is 17.0. The van der Waals surface area contributed by atoms with Crippen LogP contribution in [0.25, 0.3) is 0 Å². The lowest BCUT2D eigenvalue weighted by molar-refractivity contribution is -0.122. The number of carbonyl (C=O) groups excluding carboxylic acids is 2. The Balaban J connectivity index is 1.37. The highest BCUT2D eigenvalue weighted by Crippen LogP contribution is 2.27. The summed E-state index contributed by atoms with van der Waals surface area (Å²) < 4.78 is 5.53. The fourth-order valence-corrected chi connectivity index (χ4v) is 2.92. The molecule has 3 rings (SSSR count). The number of rotatable bonds is 7. The van der Waals surface area contributed by atoms with Gasteiger partial charge in [-0.05, 0) is 36.6 Å². The van der Waals surface area contributed by atoms with Crippen molar-refractivity contribution in [2.24, 2.45) is 5.92 Å². The molecule has 1 heterocycles. The molecule has 0 spiro atoms. The van der Waals surface area contributed by atoms with Gasteiger partial charge in [-0.3, -0.25) is 9.59 Å². The van der Waals surface area contributed by atoms with Gasteiger partial charge in [-0.25, -0.2) is 0 Å². The molecule has 0 saturated carbocycles. The molecule has 2 N–H and O–H groups in total. The molecule has 1 atom stereocenters. The summed E-state index contributed by atoms with van der Waals surface area (Å²) in [5.41, 5.74) is 2.01. The molecule has 0 aliphatic carbocycles. The summed E-state index contributed by atoms with van der Waals surface area (Å²) in [4.78, 5) is 24.1. The van der Waals surface area contributed by atoms with E-state index in [2.05, 4.69) is 10.6 Å². The quantitative estimate of drug-likeness (QED) is 0.763. The molecular formula is C20H22N2O3. The van der Waals surface area contributed by atoms with Crippen molar-refractivity contribution in [1.82, 2.24) is 5.32 Å². The Hall–Kier alpha value is -2.82. The van der Waals surface area contributed by atoms with Gasteiger partial charge < -0.3 is 15.4 Å². The number of nitrogens with one attached hydrogen (secondary N) is 2. The Kier molecular flexibility index (Phi) is 5.67. The van der Waals surface area contributed by atoms with E-state index in [1.54, 1.807) is 0 Å². The van der Waals surface area contributed by atoms with E-state index in [1.807, 2.05) is 54.6 Å². The van der Waals surface area contributed by atoms with Crippen LogP contribution in [0.1, 0.15) is 18.4 Å². The number of carbonyl (C=O) groups is 2. The molecular weight excluding hydrogens is 316 g/mol. The number of amides is 2. The first-order valence-electron chi connectivity index (χ1n) is 8.55. The SMILES string of the molecule is O=C(CC[C@@H]1Cc2ccccc2NC1=O)NCCOc1ccccc1. The molecule has 1 aliphatic heterocycles. The van der Waals surface area contributed by atoms with E-state index >= 15 is 0 Å². The zero-order chi connectivity index (χ0) is 17.5. The number of para-hydroxylation sites is 2. The summed E-state index contributed by atoms with van der Waals surface area (Å²) in [7, 11) is 0. The number of anilines is 1. The maximum atomic E-state index is 12.1. The Morgan fingerprint density at radius 1 is 1.12 bits per heavy atom. The van der Waals surface area contributed by atoms with Crippen molar-refractivity contribution >= 4 is 17.5 Å². The Morgan fingerprint density at radius 2 is 1.88 bits per heavy atom. The van der Waals surface area contributed by atoms with Gasteiger partial charge in [0.25, 0.3) is 0 Å². The van der Waals surface area contributed by atoms with E-state index in [9.17, 15) is 9.59 Å². The second kappa shape index (κ2) is 8.33. The van der Waals surface area contributed by atoms with Gasteiger partial charge in [-0.15, -0.1) is 0 Å². The first-order valence-corrected chi connectivity index (χ1v) is 8.55. The van der Waals surface area contributed by atoms with Crippen molar-refractivity contribution in [3.05, 3.63) is 60.2 Å². The van der Waals surface area contributed by atoms with Crippen LogP contribution in [0.2, 0.25) is 0 Å². The van der Waals surface area contributed by atoms with Crippen molar-refractivity contribution in [3.63, 3.8) is 0 Å². The minimum atomic E-state index is -0.152. The van der Waals surface area contributed by atoms with E-state index in [4.69, 9.17) is 4.74 Å². The number of fused-ring (bicyclic) bond motifs is 1. The van der Waals surface area contributed by atoms with Crippen molar-refractivity contribution in [2.75, 3.05) is 18.5 Å². The molecule has 5 nitrogen and oxygen atoms in total. The van der Waals surface area contributed by atoms with E-state index in [0.717, 1.165) is 17.0 Å². The molecule has 2 aromatic rings. The molecule has 0 aromatic heterocycles. The van der Waals surface area contributed by atoms with Gasteiger partial charge in [0.15, 0.2) is 0 Å². The summed E-state index contributed by atoms with van der Waals surface area (Å²) in [5, 5.41) is 5.74. The topological polar surface area (TPSA) is 67.4 Å². The fourth-order valence-electron chi connectivity index (χ4n) is 2.92. The minimum Gasteiger partial charge on any atom is -0.492 e. The molecule has 2 aromatic carbocycles. The van der Waals surface area contributed by atoms with Crippen LogP contribution in [0.15, 0.2) is 54.6 Å². The summed E-state index contributed by atoms with van der Waals surface area (Å²) >= 11 is 0. The Bertz CT molecular complexity index is 731. The van der Waals surface area contributed by atoms with Crippen molar-refractivity contribution in [1.29, 1.82) is 0 Å². The third kappa shape index (κ3) is 4.83. The third-order valence-electron chi connectivity index (χ3n) is 4.27. The second-order valence-electron chi connectivity index (χ2n) is 6.10. The summed E-state index contributed by atoms with van der Waals surface area (Å²) in [6, 6.07) is 17.3. The zero-order valence-corrected chi connectivity index (χ0v) is 14.0. The van der Waals surface area contributed by atoms with Gasteiger partial charge in [0.05, 0.1) is 6.54 Å². The molecule has 130 valence electrons. The Morgan fingerprint density at radius 3 is 2.72 bits per heavy atom. The average molecular weight is 338 g/mol. The molecule has 25 heavy (non-hydrogen) atoms. The predicted octanol–water partition coefficient (Wildman–Crippen LogP) is 2.77. The minimum absolute atomic E-state index is 0.00101. The van der Waals surface area contributed by atoms with Crippen molar-refractivity contribution in [3.8, 4) is 5.75 Å². The standard InChI is InChI=1S/C20H22N2O3/c23-19(21-12-13-25-17-7-2-1-3-8-17)11-10-16-14-15-6-4-5-9-18(15)22-20(16)24/h1-9,16H,10-14H2,(H,21,23)(H,22,24)/t16-/m1/s1. The first-order chi connectivity index (χ1) is 12.2. The Labute approximate surface area is 147 Å². The highest BCUT2D eigenvalue weighted by molar-refractivity contribution is 5.96. The third-order valence-corrected chi connectivity index (χ3v) is 4.27. The lowest BCUT2D eigenvalue weighted by Gasteiger charge is -2.24. The zero-order valence-electron chi connectivity index (χ0n) is 14.0. The van der Waals surface area contributed by atoms with Crippen LogP contribution in [0.5, 0.6) is 5.75 Å². The lowest BCUT2D eigenvalue weighted by atomic mass is 9.89. The number of hydrogen-bond donors (Lipinski definition) is 2. The summed E-state index contributed by atoms with van der Waals surface area (Å²) in [5.74, 6) is 0.581. The number of hydrogen-bond acceptors (Lipinski definition) is 3. The molecule has 0 bridgehead atoms. The largest absolute Gasteiger partial charge is 0.492 e. The van der Waals surface area contributed by atoms with Gasteiger partial charge in [0, 0.05) is 18.0 Å². The van der Waals surface area contributed by atoms with E-state index in [-0.39, 0.29) is 17.7 Å². The van der Waals surface area contributed by atoms with E-state index in [0.29, 0.717) is 32.4 Å². The highest BCUT2D eigenvalue weighted by Gasteiger charge is 2.26. The van der Waals surface area contributed by atoms with Crippen LogP contribution in [-0.2, 0) is 16.0 Å². The van der Waals surface area contributed by atoms with Crippen LogP contribution in [0, 0.1) is 5.92 Å². The van der Waals surface area contributed by atoms with Gasteiger partial charge >= 0.3 is 0 Å². The maximum Gasteiger partial charge on any atom is 0.227 e. The molecule has 0 unspecified atom stereocenters. The molecule has 0 fully saturated rings. The van der Waals surface area contributed by atoms with Crippen molar-refractivity contribution in [2.45, 2.75) is 19.3 Å². The summed E-state index contributed by atoms with van der Waals surface area (Å²) in [6.07, 6.45) is 1.57. The van der Waals surface area contributed by atoms with E-state index < -0.39 is 0 Å². The molecule has 0 radical (unpaired) electrons. The van der Waals surface area contributed by atoms with Gasteiger partial charge in [-0.1, -0.05) is 36.4 Å². The number of benzene rings is 2. The van der Waals surface area contributed by atoms with Crippen LogP contribution in [0.4, 0.5) is 5.69 Å². The molecule has 0 saturated heterocycles. The predicted molar refractivity (Wildman–Crippen MR) is 96.4 cm³/mol. The average Bonchev–Trinajstić information content (AvgIpc) is 2.64. The summed E-state index contributed by atoms with van der Waals surface area (Å²) in [6.45, 7) is 0.875. The van der Waals surface area contributed by atoms with Gasteiger partial charge in [0.2, 0.25) is 11.8 Å². The fraction of sp³-hybridized carbons (Fsp3) is 0.300. The molecule has 5 heteroatoms. The normalized spacial score (nSPS) is 15.8. The number of ether oxygens (including phenoxy) is 1.